The Morgan fingerprint density at radius 1 is 1.33 bits per heavy atom. The smallest absolute Gasteiger partial charge is 0.433 e. The SMILES string of the molecule is CC(C)Oc1cc(C(F)(F)F)nc(Cl)n1. The van der Waals surface area contributed by atoms with Gasteiger partial charge in [-0.1, -0.05) is 0 Å². The Morgan fingerprint density at radius 3 is 2.40 bits per heavy atom. The normalized spacial score (nSPS) is 11.9. The molecule has 1 heterocycles. The topological polar surface area (TPSA) is 35.0 Å². The summed E-state index contributed by atoms with van der Waals surface area (Å²) >= 11 is 5.34. The summed E-state index contributed by atoms with van der Waals surface area (Å²) in [6.45, 7) is 3.34. The molecule has 0 bridgehead atoms. The average Bonchev–Trinajstić information content (AvgIpc) is 1.99. The van der Waals surface area contributed by atoms with Gasteiger partial charge in [-0.2, -0.15) is 18.2 Å². The predicted molar refractivity (Wildman–Crippen MR) is 47.8 cm³/mol. The van der Waals surface area contributed by atoms with Crippen molar-refractivity contribution in [2.75, 3.05) is 0 Å². The highest BCUT2D eigenvalue weighted by Crippen LogP contribution is 2.30. The summed E-state index contributed by atoms with van der Waals surface area (Å²) in [4.78, 5) is 6.58. The zero-order valence-electron chi connectivity index (χ0n) is 7.97. The third-order valence-corrected chi connectivity index (χ3v) is 1.49. The number of halogens is 4. The monoisotopic (exact) mass is 240 g/mol. The number of alkyl halides is 3. The Kier molecular flexibility index (Phi) is 3.38. The van der Waals surface area contributed by atoms with Crippen molar-refractivity contribution in [3.05, 3.63) is 17.0 Å². The highest BCUT2D eigenvalue weighted by atomic mass is 35.5. The minimum atomic E-state index is -4.55. The van der Waals surface area contributed by atoms with Gasteiger partial charge < -0.3 is 4.74 Å². The van der Waals surface area contributed by atoms with Gasteiger partial charge in [-0.15, -0.1) is 0 Å². The second-order valence-electron chi connectivity index (χ2n) is 3.02. The summed E-state index contributed by atoms with van der Waals surface area (Å²) < 4.78 is 41.8. The van der Waals surface area contributed by atoms with E-state index in [0.29, 0.717) is 6.07 Å². The van der Waals surface area contributed by atoms with Crippen LogP contribution in [0.2, 0.25) is 5.28 Å². The van der Waals surface area contributed by atoms with E-state index < -0.39 is 17.2 Å². The van der Waals surface area contributed by atoms with Crippen molar-refractivity contribution in [2.24, 2.45) is 0 Å². The maximum Gasteiger partial charge on any atom is 0.433 e. The van der Waals surface area contributed by atoms with Crippen molar-refractivity contribution in [3.63, 3.8) is 0 Å². The maximum atomic E-state index is 12.3. The number of aromatic nitrogens is 2. The Bertz CT molecular complexity index is 354. The van der Waals surface area contributed by atoms with E-state index in [1.54, 1.807) is 13.8 Å². The molecule has 0 amide bonds. The van der Waals surface area contributed by atoms with Crippen LogP contribution in [0.15, 0.2) is 6.07 Å². The molecular formula is C8H8ClF3N2O. The Hall–Kier alpha value is -1.04. The van der Waals surface area contributed by atoms with Crippen molar-refractivity contribution in [1.82, 2.24) is 9.97 Å². The first-order valence-electron chi connectivity index (χ1n) is 4.07. The van der Waals surface area contributed by atoms with Gasteiger partial charge in [0.1, 0.15) is 0 Å². The van der Waals surface area contributed by atoms with Crippen LogP contribution in [-0.2, 0) is 6.18 Å². The molecule has 15 heavy (non-hydrogen) atoms. The minimum absolute atomic E-state index is 0.183. The van der Waals surface area contributed by atoms with Crippen molar-refractivity contribution >= 4 is 11.6 Å². The number of hydrogen-bond donors (Lipinski definition) is 0. The van der Waals surface area contributed by atoms with E-state index in [2.05, 4.69) is 9.97 Å². The Labute approximate surface area is 89.2 Å². The van der Waals surface area contributed by atoms with Crippen LogP contribution in [0, 0.1) is 0 Å². The first kappa shape index (κ1) is 12.0. The molecular weight excluding hydrogens is 233 g/mol. The van der Waals surface area contributed by atoms with Crippen molar-refractivity contribution in [2.45, 2.75) is 26.1 Å². The van der Waals surface area contributed by atoms with E-state index in [-0.39, 0.29) is 12.0 Å². The van der Waals surface area contributed by atoms with Crippen LogP contribution < -0.4 is 4.74 Å². The van der Waals surface area contributed by atoms with Gasteiger partial charge >= 0.3 is 6.18 Å². The third kappa shape index (κ3) is 3.54. The Morgan fingerprint density at radius 2 is 1.93 bits per heavy atom. The van der Waals surface area contributed by atoms with E-state index in [9.17, 15) is 13.2 Å². The summed E-state index contributed by atoms with van der Waals surface area (Å²) in [6, 6.07) is 0.714. The summed E-state index contributed by atoms with van der Waals surface area (Å²) in [7, 11) is 0. The largest absolute Gasteiger partial charge is 0.475 e. The molecule has 0 fully saturated rings. The second kappa shape index (κ2) is 4.22. The van der Waals surface area contributed by atoms with Crippen LogP contribution >= 0.6 is 11.6 Å². The average molecular weight is 241 g/mol. The summed E-state index contributed by atoms with van der Waals surface area (Å²) in [5.74, 6) is -0.183. The molecule has 0 saturated carbocycles. The lowest BCUT2D eigenvalue weighted by molar-refractivity contribution is -0.141. The quantitative estimate of drug-likeness (QED) is 0.746. The van der Waals surface area contributed by atoms with Gasteiger partial charge in [-0.05, 0) is 25.4 Å². The van der Waals surface area contributed by atoms with Gasteiger partial charge in [0, 0.05) is 6.07 Å². The van der Waals surface area contributed by atoms with Gasteiger partial charge in [0.05, 0.1) is 6.10 Å². The fraction of sp³-hybridized carbons (Fsp3) is 0.500. The standard InChI is InChI=1S/C8H8ClF3N2O/c1-4(2)15-6-3-5(8(10,11)12)13-7(9)14-6/h3-4H,1-2H3. The predicted octanol–water partition coefficient (Wildman–Crippen LogP) is 2.94. The van der Waals surface area contributed by atoms with E-state index in [4.69, 9.17) is 16.3 Å². The van der Waals surface area contributed by atoms with Crippen LogP contribution in [0.1, 0.15) is 19.5 Å². The van der Waals surface area contributed by atoms with Crippen molar-refractivity contribution in [1.29, 1.82) is 0 Å². The van der Waals surface area contributed by atoms with E-state index in [1.165, 1.54) is 0 Å². The molecule has 3 nitrogen and oxygen atoms in total. The molecule has 7 heteroatoms. The van der Waals surface area contributed by atoms with E-state index in [1.807, 2.05) is 0 Å². The highest BCUT2D eigenvalue weighted by Gasteiger charge is 2.33. The zero-order chi connectivity index (χ0) is 11.6. The lowest BCUT2D eigenvalue weighted by Gasteiger charge is -2.11. The van der Waals surface area contributed by atoms with Gasteiger partial charge in [0.15, 0.2) is 5.69 Å². The molecule has 1 aromatic rings. The van der Waals surface area contributed by atoms with Crippen LogP contribution in [0.25, 0.3) is 0 Å². The van der Waals surface area contributed by atoms with Crippen LogP contribution in [0.3, 0.4) is 0 Å². The molecule has 0 aliphatic rings. The van der Waals surface area contributed by atoms with E-state index in [0.717, 1.165) is 0 Å². The number of hydrogen-bond acceptors (Lipinski definition) is 3. The lowest BCUT2D eigenvalue weighted by atomic mass is 10.4. The maximum absolute atomic E-state index is 12.3. The minimum Gasteiger partial charge on any atom is -0.475 e. The lowest BCUT2D eigenvalue weighted by Crippen LogP contribution is -2.12. The molecule has 0 aliphatic carbocycles. The number of nitrogens with zero attached hydrogens (tertiary/aromatic N) is 2. The van der Waals surface area contributed by atoms with Gasteiger partial charge in [0.2, 0.25) is 11.2 Å². The molecule has 0 aromatic carbocycles. The van der Waals surface area contributed by atoms with Crippen LogP contribution in [0.5, 0.6) is 5.88 Å². The molecule has 0 N–H and O–H groups in total. The fourth-order valence-electron chi connectivity index (χ4n) is 0.844. The molecule has 1 aromatic heterocycles. The summed E-state index contributed by atoms with van der Waals surface area (Å²) in [6.07, 6.45) is -4.83. The first-order valence-corrected chi connectivity index (χ1v) is 4.45. The van der Waals surface area contributed by atoms with Crippen LogP contribution in [-0.4, -0.2) is 16.1 Å². The fourth-order valence-corrected chi connectivity index (χ4v) is 1.02. The highest BCUT2D eigenvalue weighted by molar-refractivity contribution is 6.28. The Balaban J connectivity index is 3.06. The molecule has 0 aliphatic heterocycles. The zero-order valence-corrected chi connectivity index (χ0v) is 8.73. The first-order chi connectivity index (χ1) is 6.79. The molecule has 1 rings (SSSR count). The summed E-state index contributed by atoms with van der Waals surface area (Å²) in [5, 5.41) is -0.486. The molecule has 0 unspecified atom stereocenters. The van der Waals surface area contributed by atoms with Gasteiger partial charge in [0.25, 0.3) is 0 Å². The van der Waals surface area contributed by atoms with E-state index >= 15 is 0 Å². The van der Waals surface area contributed by atoms with Crippen molar-refractivity contribution in [3.8, 4) is 5.88 Å². The molecule has 0 atom stereocenters. The van der Waals surface area contributed by atoms with Crippen LogP contribution in [0.4, 0.5) is 13.2 Å². The molecule has 84 valence electrons. The number of ether oxygens (including phenoxy) is 1. The molecule has 0 spiro atoms. The molecule has 0 saturated heterocycles. The summed E-state index contributed by atoms with van der Waals surface area (Å²) in [5.41, 5.74) is -1.11. The second-order valence-corrected chi connectivity index (χ2v) is 3.36. The number of rotatable bonds is 2. The third-order valence-electron chi connectivity index (χ3n) is 1.32. The van der Waals surface area contributed by atoms with Gasteiger partial charge in [-0.3, -0.25) is 0 Å². The van der Waals surface area contributed by atoms with Crippen molar-refractivity contribution < 1.29 is 17.9 Å². The van der Waals surface area contributed by atoms with Gasteiger partial charge in [-0.25, -0.2) is 4.98 Å². The molecule has 0 radical (unpaired) electrons.